The molecule has 0 fully saturated rings. The van der Waals surface area contributed by atoms with E-state index in [-0.39, 0.29) is 17.4 Å². The zero-order chi connectivity index (χ0) is 14.3. The average Bonchev–Trinajstić information content (AvgIpc) is 2.93. The Morgan fingerprint density at radius 1 is 1.30 bits per heavy atom. The van der Waals surface area contributed by atoms with Gasteiger partial charge >= 0.3 is 0 Å². The summed E-state index contributed by atoms with van der Waals surface area (Å²) in [6.07, 6.45) is 2.76. The Morgan fingerprint density at radius 3 is 2.80 bits per heavy atom. The Kier molecular flexibility index (Phi) is 2.98. The average molecular weight is 290 g/mol. The first kappa shape index (κ1) is 12.7. The minimum Gasteiger partial charge on any atom is -0.303 e. The molecule has 1 amide bonds. The number of halogens is 1. The number of hydrogen-bond donors (Lipinski definition) is 1. The molecule has 3 rings (SSSR count). The molecule has 0 aliphatic rings. The zero-order valence-corrected chi connectivity index (χ0v) is 11.7. The molecule has 20 heavy (non-hydrogen) atoms. The molecule has 0 radical (unpaired) electrons. The van der Waals surface area contributed by atoms with E-state index in [1.165, 1.54) is 40.3 Å². The predicted molar refractivity (Wildman–Crippen MR) is 74.7 cm³/mol. The molecule has 7 heteroatoms. The Bertz CT molecular complexity index is 788. The SMILES string of the molecule is Cc1nc(NC(=O)c2cn3cc(F)ccc3n2)sc1C. The van der Waals surface area contributed by atoms with Crippen molar-refractivity contribution in [1.82, 2.24) is 14.4 Å². The smallest absolute Gasteiger partial charge is 0.277 e. The Balaban J connectivity index is 1.88. The number of hydrogen-bond acceptors (Lipinski definition) is 4. The number of thiazole rings is 1. The third kappa shape index (κ3) is 2.27. The fraction of sp³-hybridized carbons (Fsp3) is 0.154. The summed E-state index contributed by atoms with van der Waals surface area (Å²) in [5.74, 6) is -0.740. The van der Waals surface area contributed by atoms with Crippen molar-refractivity contribution in [2.45, 2.75) is 13.8 Å². The van der Waals surface area contributed by atoms with Gasteiger partial charge in [0.05, 0.1) is 5.69 Å². The van der Waals surface area contributed by atoms with E-state index in [0.717, 1.165) is 10.6 Å². The number of rotatable bonds is 2. The van der Waals surface area contributed by atoms with Gasteiger partial charge in [0.15, 0.2) is 5.13 Å². The van der Waals surface area contributed by atoms with Crippen LogP contribution in [-0.2, 0) is 0 Å². The van der Waals surface area contributed by atoms with Crippen molar-refractivity contribution in [3.63, 3.8) is 0 Å². The minimum absolute atomic E-state index is 0.223. The van der Waals surface area contributed by atoms with Gasteiger partial charge in [0.25, 0.3) is 5.91 Å². The molecule has 3 aromatic rings. The maximum absolute atomic E-state index is 13.1. The predicted octanol–water partition coefficient (Wildman–Crippen LogP) is 2.80. The van der Waals surface area contributed by atoms with Gasteiger partial charge in [-0.05, 0) is 26.0 Å². The van der Waals surface area contributed by atoms with Crippen LogP contribution < -0.4 is 5.32 Å². The highest BCUT2D eigenvalue weighted by Gasteiger charge is 2.13. The summed E-state index contributed by atoms with van der Waals surface area (Å²) in [5.41, 5.74) is 1.63. The van der Waals surface area contributed by atoms with Gasteiger partial charge in [0.2, 0.25) is 0 Å². The largest absolute Gasteiger partial charge is 0.303 e. The second-order valence-corrected chi connectivity index (χ2v) is 5.56. The second-order valence-electron chi connectivity index (χ2n) is 4.35. The van der Waals surface area contributed by atoms with Crippen LogP contribution >= 0.6 is 11.3 Å². The van der Waals surface area contributed by atoms with Gasteiger partial charge < -0.3 is 4.40 Å². The van der Waals surface area contributed by atoms with Gasteiger partial charge in [-0.1, -0.05) is 0 Å². The molecule has 0 aromatic carbocycles. The fourth-order valence-corrected chi connectivity index (χ4v) is 2.57. The standard InChI is InChI=1S/C13H11FN4OS/c1-7-8(2)20-13(15-7)17-12(19)10-6-18-5-9(14)3-4-11(18)16-10/h3-6H,1-2H3,(H,15,17,19). The number of carbonyl (C=O) groups is 1. The number of nitrogens with zero attached hydrogens (tertiary/aromatic N) is 3. The van der Waals surface area contributed by atoms with Crippen molar-refractivity contribution in [2.24, 2.45) is 0 Å². The van der Waals surface area contributed by atoms with Gasteiger partial charge in [-0.15, -0.1) is 11.3 Å². The van der Waals surface area contributed by atoms with Crippen LogP contribution in [0.1, 0.15) is 21.1 Å². The third-order valence-electron chi connectivity index (χ3n) is 2.90. The molecular weight excluding hydrogens is 279 g/mol. The molecule has 0 saturated carbocycles. The lowest BCUT2D eigenvalue weighted by Gasteiger charge is -1.96. The summed E-state index contributed by atoms with van der Waals surface area (Å²) < 4.78 is 14.6. The number of fused-ring (bicyclic) bond motifs is 1. The molecule has 0 saturated heterocycles. The molecule has 0 aliphatic carbocycles. The molecule has 0 atom stereocenters. The van der Waals surface area contributed by atoms with E-state index in [1.807, 2.05) is 13.8 Å². The Hall–Kier alpha value is -2.28. The molecule has 3 aromatic heterocycles. The summed E-state index contributed by atoms with van der Waals surface area (Å²) in [6, 6.07) is 2.82. The normalized spacial score (nSPS) is 10.9. The lowest BCUT2D eigenvalue weighted by molar-refractivity contribution is 0.102. The van der Waals surface area contributed by atoms with Crippen LogP contribution in [0.4, 0.5) is 9.52 Å². The van der Waals surface area contributed by atoms with E-state index in [2.05, 4.69) is 15.3 Å². The van der Waals surface area contributed by atoms with Gasteiger partial charge in [-0.2, -0.15) is 0 Å². The topological polar surface area (TPSA) is 59.3 Å². The van der Waals surface area contributed by atoms with E-state index in [4.69, 9.17) is 0 Å². The van der Waals surface area contributed by atoms with Gasteiger partial charge in [0, 0.05) is 17.3 Å². The van der Waals surface area contributed by atoms with Crippen LogP contribution in [-0.4, -0.2) is 20.3 Å². The lowest BCUT2D eigenvalue weighted by Crippen LogP contribution is -2.12. The maximum atomic E-state index is 13.1. The van der Waals surface area contributed by atoms with Crippen LogP contribution in [0.5, 0.6) is 0 Å². The molecule has 5 nitrogen and oxygen atoms in total. The van der Waals surface area contributed by atoms with Gasteiger partial charge in [0.1, 0.15) is 17.2 Å². The highest BCUT2D eigenvalue weighted by molar-refractivity contribution is 7.15. The van der Waals surface area contributed by atoms with Crippen molar-refractivity contribution in [1.29, 1.82) is 0 Å². The quantitative estimate of drug-likeness (QED) is 0.789. The number of amides is 1. The zero-order valence-electron chi connectivity index (χ0n) is 10.8. The molecule has 1 N–H and O–H groups in total. The van der Waals surface area contributed by atoms with Crippen LogP contribution in [0, 0.1) is 19.7 Å². The van der Waals surface area contributed by atoms with Crippen molar-refractivity contribution < 1.29 is 9.18 Å². The first-order valence-corrected chi connectivity index (χ1v) is 6.74. The highest BCUT2D eigenvalue weighted by Crippen LogP contribution is 2.21. The summed E-state index contributed by atoms with van der Waals surface area (Å²) in [6.45, 7) is 3.82. The molecule has 0 spiro atoms. The van der Waals surface area contributed by atoms with Gasteiger partial charge in [-0.3, -0.25) is 10.1 Å². The Labute approximate surface area is 118 Å². The number of carbonyl (C=O) groups excluding carboxylic acids is 1. The van der Waals surface area contributed by atoms with Gasteiger partial charge in [-0.25, -0.2) is 14.4 Å². The molecule has 3 heterocycles. The number of aryl methyl sites for hydroxylation is 2. The molecule has 0 aliphatic heterocycles. The summed E-state index contributed by atoms with van der Waals surface area (Å²) in [7, 11) is 0. The van der Waals surface area contributed by atoms with E-state index in [9.17, 15) is 9.18 Å². The summed E-state index contributed by atoms with van der Waals surface area (Å²) >= 11 is 1.41. The van der Waals surface area contributed by atoms with E-state index in [0.29, 0.717) is 10.8 Å². The lowest BCUT2D eigenvalue weighted by atomic mass is 10.4. The van der Waals surface area contributed by atoms with E-state index >= 15 is 0 Å². The first-order valence-electron chi connectivity index (χ1n) is 5.92. The van der Waals surface area contributed by atoms with Crippen molar-refractivity contribution in [3.8, 4) is 0 Å². The van der Waals surface area contributed by atoms with Crippen LogP contribution in [0.2, 0.25) is 0 Å². The van der Waals surface area contributed by atoms with Crippen LogP contribution in [0.15, 0.2) is 24.5 Å². The monoisotopic (exact) mass is 290 g/mol. The molecule has 0 unspecified atom stereocenters. The number of imidazole rings is 1. The third-order valence-corrected chi connectivity index (χ3v) is 3.88. The van der Waals surface area contributed by atoms with Crippen molar-refractivity contribution in [2.75, 3.05) is 5.32 Å². The second kappa shape index (κ2) is 4.68. The fourth-order valence-electron chi connectivity index (χ4n) is 1.76. The first-order chi connectivity index (χ1) is 9.52. The van der Waals surface area contributed by atoms with E-state index in [1.54, 1.807) is 0 Å². The number of nitrogens with one attached hydrogen (secondary N) is 1. The van der Waals surface area contributed by atoms with Crippen LogP contribution in [0.3, 0.4) is 0 Å². The van der Waals surface area contributed by atoms with Crippen molar-refractivity contribution >= 4 is 28.0 Å². The summed E-state index contributed by atoms with van der Waals surface area (Å²) in [5, 5.41) is 3.23. The number of anilines is 1. The minimum atomic E-state index is -0.381. The Morgan fingerprint density at radius 2 is 2.10 bits per heavy atom. The maximum Gasteiger partial charge on any atom is 0.277 e. The molecule has 102 valence electrons. The number of pyridine rings is 1. The molecule has 0 bridgehead atoms. The summed E-state index contributed by atoms with van der Waals surface area (Å²) in [4.78, 5) is 21.5. The van der Waals surface area contributed by atoms with Crippen LogP contribution in [0.25, 0.3) is 5.65 Å². The number of aromatic nitrogens is 3. The van der Waals surface area contributed by atoms with E-state index < -0.39 is 0 Å². The highest BCUT2D eigenvalue weighted by atomic mass is 32.1. The van der Waals surface area contributed by atoms with Crippen molar-refractivity contribution in [3.05, 3.63) is 46.6 Å². The molecular formula is C13H11FN4OS.